The summed E-state index contributed by atoms with van der Waals surface area (Å²) in [5.74, 6) is 5.51. The first-order chi connectivity index (χ1) is 15.4. The van der Waals surface area contributed by atoms with Crippen LogP contribution in [-0.2, 0) is 13.9 Å². The fourth-order valence-electron chi connectivity index (χ4n) is 7.73. The summed E-state index contributed by atoms with van der Waals surface area (Å²) in [6.45, 7) is 16.9. The predicted molar refractivity (Wildman–Crippen MR) is 148 cm³/mol. The summed E-state index contributed by atoms with van der Waals surface area (Å²) in [5, 5.41) is 0.240. The molecule has 0 amide bonds. The van der Waals surface area contributed by atoms with Crippen molar-refractivity contribution in [1.82, 2.24) is 0 Å². The Morgan fingerprint density at radius 3 is 2.15 bits per heavy atom. The Hall–Kier alpha value is 0.797. The van der Waals surface area contributed by atoms with Gasteiger partial charge in [-0.3, -0.25) is 0 Å². The maximum atomic E-state index is 7.31. The normalized spacial score (nSPS) is 39.0. The van der Waals surface area contributed by atoms with Crippen molar-refractivity contribution in [2.75, 3.05) is 14.2 Å². The molecule has 3 aliphatic rings. The van der Waals surface area contributed by atoms with Gasteiger partial charge in [0.25, 0.3) is 0 Å². The molecule has 0 spiro atoms. The van der Waals surface area contributed by atoms with Gasteiger partial charge < -0.3 is 13.9 Å². The number of rotatable bonds is 8. The molecule has 0 unspecified atom stereocenters. The van der Waals surface area contributed by atoms with Crippen LogP contribution in [-0.4, -0.2) is 34.9 Å². The third kappa shape index (κ3) is 5.71. The molecule has 33 heavy (non-hydrogen) atoms. The van der Waals surface area contributed by atoms with E-state index in [2.05, 4.69) is 85.6 Å². The molecule has 0 radical (unpaired) electrons. The summed E-state index contributed by atoms with van der Waals surface area (Å²) in [6.07, 6.45) is 8.70. The van der Waals surface area contributed by atoms with Gasteiger partial charge in [0.15, 0.2) is 14.6 Å². The van der Waals surface area contributed by atoms with Gasteiger partial charge >= 0.3 is 0 Å². The van der Waals surface area contributed by atoms with E-state index in [4.69, 9.17) is 13.9 Å². The van der Waals surface area contributed by atoms with Gasteiger partial charge in [-0.05, 0) is 117 Å². The molecule has 3 saturated carbocycles. The SMILES string of the molecule is CC[C@H]1[C@H]2[C@H](C[C@H]1C)[C@H]1C[C@@H](C(OC)OC)[C@H](CC=C(Br)Br)[C@H]1C[C@H]2O[Si](C)(C)C(C)(C)C. The minimum atomic E-state index is -1.85. The van der Waals surface area contributed by atoms with Gasteiger partial charge in [-0.2, -0.15) is 0 Å². The average molecular weight is 609 g/mol. The molecule has 0 aromatic carbocycles. The lowest BCUT2D eigenvalue weighted by Gasteiger charge is -2.49. The molecular formula is C27H48Br2O3Si. The highest BCUT2D eigenvalue weighted by atomic mass is 79.9. The van der Waals surface area contributed by atoms with Crippen LogP contribution in [0.2, 0.25) is 18.1 Å². The monoisotopic (exact) mass is 606 g/mol. The van der Waals surface area contributed by atoms with Crippen molar-refractivity contribution >= 4 is 40.2 Å². The number of methoxy groups -OCH3 is 2. The van der Waals surface area contributed by atoms with Gasteiger partial charge in [0, 0.05) is 26.2 Å². The zero-order chi connectivity index (χ0) is 24.7. The van der Waals surface area contributed by atoms with E-state index in [1.165, 1.54) is 25.7 Å². The summed E-state index contributed by atoms with van der Waals surface area (Å²) in [7, 11) is 1.76. The van der Waals surface area contributed by atoms with Gasteiger partial charge in [-0.1, -0.05) is 47.1 Å². The molecule has 9 atom stereocenters. The van der Waals surface area contributed by atoms with E-state index in [0.29, 0.717) is 29.8 Å². The maximum absolute atomic E-state index is 7.31. The van der Waals surface area contributed by atoms with Crippen LogP contribution < -0.4 is 0 Å². The molecule has 0 saturated heterocycles. The van der Waals surface area contributed by atoms with Crippen molar-refractivity contribution in [3.05, 3.63) is 9.47 Å². The smallest absolute Gasteiger partial charge is 0.192 e. The van der Waals surface area contributed by atoms with Crippen LogP contribution in [0.4, 0.5) is 0 Å². The van der Waals surface area contributed by atoms with E-state index in [1.54, 1.807) is 14.2 Å². The first kappa shape index (κ1) is 28.4. The molecule has 3 fully saturated rings. The molecule has 3 rings (SSSR count). The number of allylic oxidation sites excluding steroid dienone is 1. The molecule has 192 valence electrons. The fourth-order valence-corrected chi connectivity index (χ4v) is 9.46. The second-order valence-corrected chi connectivity index (χ2v) is 20.2. The van der Waals surface area contributed by atoms with Crippen LogP contribution in [0, 0.1) is 47.3 Å². The largest absolute Gasteiger partial charge is 0.414 e. The molecule has 0 aromatic rings. The Balaban J connectivity index is 1.99. The van der Waals surface area contributed by atoms with Crippen LogP contribution in [0.3, 0.4) is 0 Å². The van der Waals surface area contributed by atoms with Crippen molar-refractivity contribution in [3.63, 3.8) is 0 Å². The predicted octanol–water partition coefficient (Wildman–Crippen LogP) is 8.59. The molecular weight excluding hydrogens is 560 g/mol. The quantitative estimate of drug-likeness (QED) is 0.204. The van der Waals surface area contributed by atoms with Gasteiger partial charge in [0.2, 0.25) is 0 Å². The minimum absolute atomic E-state index is 0.123. The third-order valence-electron chi connectivity index (χ3n) is 10.1. The number of hydrogen-bond acceptors (Lipinski definition) is 3. The van der Waals surface area contributed by atoms with Crippen LogP contribution in [0.15, 0.2) is 9.47 Å². The molecule has 0 heterocycles. The van der Waals surface area contributed by atoms with Crippen molar-refractivity contribution in [1.29, 1.82) is 0 Å². The van der Waals surface area contributed by atoms with Crippen molar-refractivity contribution < 1.29 is 13.9 Å². The van der Waals surface area contributed by atoms with Gasteiger partial charge in [0.1, 0.15) is 0 Å². The van der Waals surface area contributed by atoms with Gasteiger partial charge in [0.05, 0.1) is 3.39 Å². The molecule has 3 nitrogen and oxygen atoms in total. The van der Waals surface area contributed by atoms with Crippen LogP contribution in [0.1, 0.15) is 66.7 Å². The van der Waals surface area contributed by atoms with Crippen molar-refractivity contribution in [2.45, 2.75) is 97.2 Å². The summed E-state index contributed by atoms with van der Waals surface area (Å²) < 4.78 is 20.1. The minimum Gasteiger partial charge on any atom is -0.414 e. The number of hydrogen-bond donors (Lipinski definition) is 0. The fraction of sp³-hybridized carbons (Fsp3) is 0.926. The first-order valence-corrected chi connectivity index (χ1v) is 17.6. The number of fused-ring (bicyclic) bond motifs is 3. The summed E-state index contributed by atoms with van der Waals surface area (Å²) in [5.41, 5.74) is 0. The molecule has 0 aliphatic heterocycles. The Morgan fingerprint density at radius 1 is 1.00 bits per heavy atom. The highest BCUT2D eigenvalue weighted by molar-refractivity contribution is 9.28. The zero-order valence-corrected chi connectivity index (χ0v) is 26.5. The summed E-state index contributed by atoms with van der Waals surface area (Å²) in [6, 6.07) is 0. The Morgan fingerprint density at radius 2 is 1.64 bits per heavy atom. The summed E-state index contributed by atoms with van der Waals surface area (Å²) in [4.78, 5) is 0. The lowest BCUT2D eigenvalue weighted by atomic mass is 9.64. The van der Waals surface area contributed by atoms with Crippen LogP contribution in [0.5, 0.6) is 0 Å². The number of halogens is 2. The maximum Gasteiger partial charge on any atom is 0.192 e. The second kappa shape index (κ2) is 11.0. The van der Waals surface area contributed by atoms with Gasteiger partial charge in [-0.15, -0.1) is 0 Å². The van der Waals surface area contributed by atoms with Crippen molar-refractivity contribution in [3.8, 4) is 0 Å². The molecule has 0 aromatic heterocycles. The summed E-state index contributed by atoms with van der Waals surface area (Å²) >= 11 is 7.20. The average Bonchev–Trinajstić information content (AvgIpc) is 3.23. The Kier molecular flexibility index (Phi) is 9.49. The van der Waals surface area contributed by atoms with Gasteiger partial charge in [-0.25, -0.2) is 0 Å². The van der Waals surface area contributed by atoms with E-state index < -0.39 is 8.32 Å². The first-order valence-electron chi connectivity index (χ1n) is 13.1. The van der Waals surface area contributed by atoms with Crippen LogP contribution in [0.25, 0.3) is 0 Å². The standard InChI is InChI=1S/C27H48Br2O3Si/c1-10-17-16(2)13-21-19-14-22(26(30-6)31-7)18(11-12-24(28)29)20(19)15-23(25(17)21)32-33(8,9)27(3,4)5/h12,16-23,25-26H,10-11,13-15H2,1-9H3/t16-,17-,18-,19+,20-,21-,22-,23-,25+/m1/s1. The number of ether oxygens (including phenoxy) is 2. The van der Waals surface area contributed by atoms with Crippen LogP contribution >= 0.6 is 31.9 Å². The van der Waals surface area contributed by atoms with E-state index >= 15 is 0 Å². The zero-order valence-electron chi connectivity index (χ0n) is 22.4. The third-order valence-corrected chi connectivity index (χ3v) is 15.3. The van der Waals surface area contributed by atoms with Crippen molar-refractivity contribution in [2.24, 2.45) is 47.3 Å². The van der Waals surface area contributed by atoms with E-state index in [-0.39, 0.29) is 11.3 Å². The highest BCUT2D eigenvalue weighted by Crippen LogP contribution is 2.63. The Bertz CT molecular complexity index is 683. The second-order valence-electron chi connectivity index (χ2n) is 12.6. The molecule has 0 N–H and O–H groups in total. The highest BCUT2D eigenvalue weighted by Gasteiger charge is 2.59. The van der Waals surface area contributed by atoms with E-state index in [1.807, 2.05) is 0 Å². The molecule has 0 bridgehead atoms. The molecule has 3 aliphatic carbocycles. The lowest BCUT2D eigenvalue weighted by molar-refractivity contribution is -0.146. The lowest BCUT2D eigenvalue weighted by Crippen LogP contribution is -2.51. The Labute approximate surface area is 221 Å². The van der Waals surface area contributed by atoms with E-state index in [9.17, 15) is 0 Å². The van der Waals surface area contributed by atoms with E-state index in [0.717, 1.165) is 33.5 Å². The topological polar surface area (TPSA) is 27.7 Å². The molecule has 6 heteroatoms.